The van der Waals surface area contributed by atoms with Gasteiger partial charge < -0.3 is 10.4 Å². The second-order valence-corrected chi connectivity index (χ2v) is 3.53. The number of benzene rings is 1. The maximum Gasteiger partial charge on any atom is 0.166 e. The van der Waals surface area contributed by atoms with Crippen molar-refractivity contribution in [1.29, 1.82) is 0 Å². The van der Waals surface area contributed by atoms with Crippen molar-refractivity contribution in [1.82, 2.24) is 9.78 Å². The third-order valence-corrected chi connectivity index (χ3v) is 2.29. The van der Waals surface area contributed by atoms with Crippen LogP contribution in [0.2, 0.25) is 0 Å². The lowest BCUT2D eigenvalue weighted by Crippen LogP contribution is -1.98. The summed E-state index contributed by atoms with van der Waals surface area (Å²) in [6.45, 7) is 4.11. The lowest BCUT2D eigenvalue weighted by atomic mass is 10.2. The Bertz CT molecular complexity index is 536. The minimum absolute atomic E-state index is 0.352. The summed E-state index contributed by atoms with van der Waals surface area (Å²) in [5.41, 5.74) is 1.56. The molecule has 0 atom stereocenters. The highest BCUT2D eigenvalue weighted by Gasteiger charge is 2.02. The molecule has 0 radical (unpaired) electrons. The van der Waals surface area contributed by atoms with E-state index in [-0.39, 0.29) is 5.75 Å². The van der Waals surface area contributed by atoms with E-state index in [0.717, 1.165) is 5.56 Å². The van der Waals surface area contributed by atoms with Crippen LogP contribution < -0.4 is 5.32 Å². The molecule has 0 saturated heterocycles. The fraction of sp³-hybridized carbons (Fsp3) is 0.0833. The fourth-order valence-corrected chi connectivity index (χ4v) is 1.39. The summed E-state index contributed by atoms with van der Waals surface area (Å²) < 4.78 is 14.6. The van der Waals surface area contributed by atoms with Crippen molar-refractivity contribution in [2.24, 2.45) is 0 Å². The van der Waals surface area contributed by atoms with Gasteiger partial charge in [-0.3, -0.25) is 0 Å². The van der Waals surface area contributed by atoms with Gasteiger partial charge in [0.1, 0.15) is 0 Å². The first-order valence-corrected chi connectivity index (χ1v) is 5.07. The standard InChI is InChI=1S/C12H12FN3O/c1-2-16-8-9(7-15-16)6-14-10-3-4-12(17)11(13)5-10/h2-5,7-8,14,17H,1,6H2. The number of rotatable bonds is 4. The van der Waals surface area contributed by atoms with Crippen molar-refractivity contribution in [3.05, 3.63) is 48.6 Å². The predicted octanol–water partition coefficient (Wildman–Crippen LogP) is 2.44. The smallest absolute Gasteiger partial charge is 0.166 e. The van der Waals surface area contributed by atoms with Crippen LogP contribution in [0.4, 0.5) is 10.1 Å². The highest BCUT2D eigenvalue weighted by molar-refractivity contribution is 5.47. The van der Waals surface area contributed by atoms with Gasteiger partial charge in [-0.25, -0.2) is 9.07 Å². The number of phenolic OH excluding ortho intramolecular Hbond substituents is 1. The summed E-state index contributed by atoms with van der Waals surface area (Å²) in [5, 5.41) is 16.1. The molecular formula is C12H12FN3O. The molecule has 0 unspecified atom stereocenters. The summed E-state index contributed by atoms with van der Waals surface area (Å²) in [6.07, 6.45) is 5.10. The van der Waals surface area contributed by atoms with Gasteiger partial charge in [0.15, 0.2) is 11.6 Å². The zero-order valence-electron chi connectivity index (χ0n) is 9.10. The van der Waals surface area contributed by atoms with E-state index in [1.165, 1.54) is 12.1 Å². The normalized spacial score (nSPS) is 10.2. The minimum Gasteiger partial charge on any atom is -0.505 e. The molecule has 2 rings (SSSR count). The van der Waals surface area contributed by atoms with Crippen LogP contribution in [0.15, 0.2) is 37.2 Å². The minimum atomic E-state index is -0.642. The van der Waals surface area contributed by atoms with Gasteiger partial charge in [0.05, 0.1) is 6.20 Å². The molecule has 0 amide bonds. The van der Waals surface area contributed by atoms with Crippen molar-refractivity contribution in [2.75, 3.05) is 5.32 Å². The number of nitrogens with one attached hydrogen (secondary N) is 1. The lowest BCUT2D eigenvalue weighted by Gasteiger charge is -2.05. The first-order valence-electron chi connectivity index (χ1n) is 5.07. The number of hydrogen-bond acceptors (Lipinski definition) is 3. The van der Waals surface area contributed by atoms with Gasteiger partial charge in [0.2, 0.25) is 0 Å². The van der Waals surface area contributed by atoms with Crippen LogP contribution in [0, 0.1) is 5.82 Å². The van der Waals surface area contributed by atoms with Crippen molar-refractivity contribution in [2.45, 2.75) is 6.54 Å². The van der Waals surface area contributed by atoms with E-state index in [9.17, 15) is 4.39 Å². The van der Waals surface area contributed by atoms with Crippen LogP contribution in [-0.4, -0.2) is 14.9 Å². The summed E-state index contributed by atoms with van der Waals surface area (Å²) in [7, 11) is 0. The summed E-state index contributed by atoms with van der Waals surface area (Å²) in [4.78, 5) is 0. The Morgan fingerprint density at radius 1 is 1.53 bits per heavy atom. The summed E-state index contributed by atoms with van der Waals surface area (Å²) in [5.74, 6) is -0.994. The lowest BCUT2D eigenvalue weighted by molar-refractivity contribution is 0.432. The van der Waals surface area contributed by atoms with E-state index in [1.807, 2.05) is 6.20 Å². The molecule has 17 heavy (non-hydrogen) atoms. The molecule has 0 saturated carbocycles. The number of halogens is 1. The Hall–Kier alpha value is -2.30. The van der Waals surface area contributed by atoms with E-state index >= 15 is 0 Å². The van der Waals surface area contributed by atoms with Gasteiger partial charge in [0.25, 0.3) is 0 Å². The van der Waals surface area contributed by atoms with Crippen molar-refractivity contribution in [3.63, 3.8) is 0 Å². The Morgan fingerprint density at radius 2 is 2.35 bits per heavy atom. The number of aromatic nitrogens is 2. The largest absolute Gasteiger partial charge is 0.505 e. The van der Waals surface area contributed by atoms with Gasteiger partial charge in [0, 0.05) is 36.3 Å². The van der Waals surface area contributed by atoms with E-state index in [0.29, 0.717) is 12.2 Å². The van der Waals surface area contributed by atoms with E-state index in [4.69, 9.17) is 5.11 Å². The van der Waals surface area contributed by atoms with Crippen molar-refractivity contribution < 1.29 is 9.50 Å². The topological polar surface area (TPSA) is 50.1 Å². The van der Waals surface area contributed by atoms with Crippen LogP contribution in [-0.2, 0) is 6.54 Å². The van der Waals surface area contributed by atoms with Crippen molar-refractivity contribution in [3.8, 4) is 5.75 Å². The van der Waals surface area contributed by atoms with Crippen LogP contribution in [0.5, 0.6) is 5.75 Å². The van der Waals surface area contributed by atoms with Gasteiger partial charge in [-0.2, -0.15) is 5.10 Å². The highest BCUT2D eigenvalue weighted by Crippen LogP contribution is 2.19. The Morgan fingerprint density at radius 3 is 3.00 bits per heavy atom. The molecule has 88 valence electrons. The van der Waals surface area contributed by atoms with Gasteiger partial charge in [-0.1, -0.05) is 6.58 Å². The first-order chi connectivity index (χ1) is 8.19. The number of nitrogens with zero attached hydrogens (tertiary/aromatic N) is 2. The Labute approximate surface area is 98.0 Å². The molecular weight excluding hydrogens is 221 g/mol. The molecule has 4 nitrogen and oxygen atoms in total. The van der Waals surface area contributed by atoms with Crippen LogP contribution in [0.25, 0.3) is 6.20 Å². The van der Waals surface area contributed by atoms with Gasteiger partial charge in [-0.05, 0) is 12.1 Å². The van der Waals surface area contributed by atoms with Crippen molar-refractivity contribution >= 4 is 11.9 Å². The van der Waals surface area contributed by atoms with Gasteiger partial charge in [-0.15, -0.1) is 0 Å². The predicted molar refractivity (Wildman–Crippen MR) is 64.0 cm³/mol. The molecule has 1 aromatic heterocycles. The summed E-state index contributed by atoms with van der Waals surface area (Å²) in [6, 6.07) is 4.16. The third-order valence-electron chi connectivity index (χ3n) is 2.29. The number of phenols is 1. The zero-order valence-corrected chi connectivity index (χ0v) is 9.10. The molecule has 0 fully saturated rings. The molecule has 2 aromatic rings. The molecule has 0 spiro atoms. The highest BCUT2D eigenvalue weighted by atomic mass is 19.1. The van der Waals surface area contributed by atoms with E-state index in [2.05, 4.69) is 17.0 Å². The SMILES string of the molecule is C=Cn1cc(CNc2ccc(O)c(F)c2)cn1. The zero-order chi connectivity index (χ0) is 12.3. The molecule has 1 aromatic carbocycles. The average molecular weight is 233 g/mol. The maximum atomic E-state index is 13.0. The molecule has 1 heterocycles. The van der Waals surface area contributed by atoms with Crippen LogP contribution in [0.3, 0.4) is 0 Å². The molecule has 0 aliphatic carbocycles. The second-order valence-electron chi connectivity index (χ2n) is 3.53. The molecule has 0 bridgehead atoms. The monoisotopic (exact) mass is 233 g/mol. The van der Waals surface area contributed by atoms with Crippen LogP contribution >= 0.6 is 0 Å². The summed E-state index contributed by atoms with van der Waals surface area (Å²) >= 11 is 0. The second kappa shape index (κ2) is 4.69. The molecule has 0 aliphatic rings. The number of anilines is 1. The molecule has 2 N–H and O–H groups in total. The molecule has 5 heteroatoms. The molecule has 0 aliphatic heterocycles. The quantitative estimate of drug-likeness (QED) is 0.797. The van der Waals surface area contributed by atoms with E-state index < -0.39 is 5.82 Å². The average Bonchev–Trinajstić information content (AvgIpc) is 2.79. The fourth-order valence-electron chi connectivity index (χ4n) is 1.39. The maximum absolute atomic E-state index is 13.0. The number of aromatic hydroxyl groups is 1. The Balaban J connectivity index is 2.01. The van der Waals surface area contributed by atoms with Gasteiger partial charge >= 0.3 is 0 Å². The third kappa shape index (κ3) is 2.63. The van der Waals surface area contributed by atoms with E-state index in [1.54, 1.807) is 23.1 Å². The Kier molecular flexibility index (Phi) is 3.09. The first kappa shape index (κ1) is 11.2. The van der Waals surface area contributed by atoms with Crippen LogP contribution in [0.1, 0.15) is 5.56 Å². The number of hydrogen-bond donors (Lipinski definition) is 2.